The molecule has 0 bridgehead atoms. The van der Waals surface area contributed by atoms with E-state index in [0.717, 1.165) is 28.7 Å². The minimum absolute atomic E-state index is 0.0645. The summed E-state index contributed by atoms with van der Waals surface area (Å²) in [4.78, 5) is 39.1. The van der Waals surface area contributed by atoms with Gasteiger partial charge < -0.3 is 24.8 Å². The number of benzene rings is 2. The first kappa shape index (κ1) is 22.4. The lowest BCUT2D eigenvalue weighted by molar-refractivity contribution is -0.153. The Balaban J connectivity index is 1.27. The third-order valence-electron chi connectivity index (χ3n) is 7.20. The van der Waals surface area contributed by atoms with E-state index in [4.69, 9.17) is 9.47 Å². The number of hydrogen-bond acceptors (Lipinski definition) is 5. The monoisotopic (exact) mass is 464 g/mol. The Morgan fingerprint density at radius 2 is 1.71 bits per heavy atom. The van der Waals surface area contributed by atoms with Crippen LogP contribution in [0, 0.1) is 0 Å². The third-order valence-corrected chi connectivity index (χ3v) is 7.20. The van der Waals surface area contributed by atoms with Gasteiger partial charge in [0, 0.05) is 12.5 Å². The summed E-state index contributed by atoms with van der Waals surface area (Å²) >= 11 is 0. The molecule has 5 rings (SSSR count). The molecule has 2 N–H and O–H groups in total. The average molecular weight is 465 g/mol. The van der Waals surface area contributed by atoms with Gasteiger partial charge in [-0.15, -0.1) is 0 Å². The summed E-state index contributed by atoms with van der Waals surface area (Å²) in [7, 11) is 0. The highest BCUT2D eigenvalue weighted by molar-refractivity contribution is 5.91. The van der Waals surface area contributed by atoms with Crippen molar-refractivity contribution in [2.24, 2.45) is 0 Å². The minimum atomic E-state index is -1.04. The molecule has 2 amide bonds. The molecular weight excluding hydrogens is 436 g/mol. The van der Waals surface area contributed by atoms with Gasteiger partial charge in [0.05, 0.1) is 25.7 Å². The van der Waals surface area contributed by atoms with E-state index in [-0.39, 0.29) is 31.5 Å². The molecule has 0 aromatic heterocycles. The number of carbonyl (C=O) groups is 3. The van der Waals surface area contributed by atoms with Crippen molar-refractivity contribution in [2.45, 2.75) is 43.2 Å². The molecule has 2 aromatic carbocycles. The maximum absolute atomic E-state index is 13.4. The van der Waals surface area contributed by atoms with Crippen LogP contribution in [0.15, 0.2) is 48.5 Å². The highest BCUT2D eigenvalue weighted by atomic mass is 16.5. The first-order chi connectivity index (χ1) is 16.5. The molecule has 2 aliphatic carbocycles. The van der Waals surface area contributed by atoms with Crippen molar-refractivity contribution in [3.63, 3.8) is 0 Å². The number of carboxylic acid groups (broad SMARTS) is 1. The molecule has 1 heterocycles. The van der Waals surface area contributed by atoms with E-state index in [1.54, 1.807) is 4.90 Å². The largest absolute Gasteiger partial charge is 0.481 e. The topological polar surface area (TPSA) is 105 Å². The molecule has 34 heavy (non-hydrogen) atoms. The van der Waals surface area contributed by atoms with Crippen LogP contribution in [0.3, 0.4) is 0 Å². The van der Waals surface area contributed by atoms with E-state index in [1.165, 1.54) is 0 Å². The molecule has 0 radical (unpaired) electrons. The number of fused-ring (bicyclic) bond motifs is 3. The van der Waals surface area contributed by atoms with E-state index >= 15 is 0 Å². The maximum atomic E-state index is 13.4. The Hall–Kier alpha value is -3.39. The first-order valence-electron chi connectivity index (χ1n) is 11.7. The summed E-state index contributed by atoms with van der Waals surface area (Å²) in [6.45, 7) is 1.01. The molecule has 2 aromatic rings. The van der Waals surface area contributed by atoms with Crippen LogP contribution in [0.1, 0.15) is 42.7 Å². The van der Waals surface area contributed by atoms with Crippen molar-refractivity contribution >= 4 is 18.0 Å². The molecule has 0 spiro atoms. The number of ether oxygens (including phenoxy) is 2. The van der Waals surface area contributed by atoms with Crippen LogP contribution in [-0.4, -0.2) is 65.9 Å². The van der Waals surface area contributed by atoms with Gasteiger partial charge in [-0.1, -0.05) is 48.5 Å². The van der Waals surface area contributed by atoms with E-state index in [0.29, 0.717) is 26.0 Å². The van der Waals surface area contributed by atoms with E-state index in [9.17, 15) is 19.5 Å². The van der Waals surface area contributed by atoms with Crippen LogP contribution in [0.25, 0.3) is 11.1 Å². The van der Waals surface area contributed by atoms with Crippen molar-refractivity contribution in [3.05, 3.63) is 59.7 Å². The van der Waals surface area contributed by atoms with Crippen LogP contribution in [0.5, 0.6) is 0 Å². The van der Waals surface area contributed by atoms with Gasteiger partial charge in [0.25, 0.3) is 0 Å². The van der Waals surface area contributed by atoms with Crippen LogP contribution < -0.4 is 5.32 Å². The summed E-state index contributed by atoms with van der Waals surface area (Å²) in [6, 6.07) is 15.7. The van der Waals surface area contributed by atoms with Gasteiger partial charge >= 0.3 is 12.1 Å². The summed E-state index contributed by atoms with van der Waals surface area (Å²) in [5.74, 6) is -1.30. The lowest BCUT2D eigenvalue weighted by Gasteiger charge is -2.46. The zero-order chi connectivity index (χ0) is 23.7. The van der Waals surface area contributed by atoms with Crippen LogP contribution in [0.2, 0.25) is 0 Å². The molecule has 1 atom stereocenters. The Morgan fingerprint density at radius 1 is 1.06 bits per heavy atom. The number of aliphatic carboxylic acids is 1. The van der Waals surface area contributed by atoms with Crippen molar-refractivity contribution in [1.82, 2.24) is 10.2 Å². The molecule has 1 unspecified atom stereocenters. The molecule has 2 fully saturated rings. The molecule has 3 aliphatic rings. The summed E-state index contributed by atoms with van der Waals surface area (Å²) in [6.07, 6.45) is 1.01. The second-order valence-corrected chi connectivity index (χ2v) is 9.21. The SMILES string of the molecule is O=C(O)CC1COCCN1C(=O)C1(NC(=O)OCC2c3ccccc3-c3ccccc32)CCC1. The Labute approximate surface area is 197 Å². The number of hydrogen-bond donors (Lipinski definition) is 2. The van der Waals surface area contributed by atoms with Crippen molar-refractivity contribution in [1.29, 1.82) is 0 Å². The molecule has 8 heteroatoms. The highest BCUT2D eigenvalue weighted by Crippen LogP contribution is 2.44. The van der Waals surface area contributed by atoms with Crippen molar-refractivity contribution in [3.8, 4) is 11.1 Å². The third kappa shape index (κ3) is 4.03. The second-order valence-electron chi connectivity index (χ2n) is 9.21. The predicted molar refractivity (Wildman–Crippen MR) is 123 cm³/mol. The fourth-order valence-corrected chi connectivity index (χ4v) is 5.32. The zero-order valence-electron chi connectivity index (χ0n) is 18.9. The standard InChI is InChI=1S/C26H28N2O6/c29-23(30)14-17-15-33-13-12-28(17)24(31)26(10-5-11-26)27-25(32)34-16-22-20-8-3-1-6-18(20)19-7-2-4-9-21(19)22/h1-4,6-9,17,22H,5,10-16H2,(H,27,32)(H,29,30). The average Bonchev–Trinajstić information content (AvgIpc) is 3.13. The number of morpholine rings is 1. The van der Waals surface area contributed by atoms with Crippen molar-refractivity contribution in [2.75, 3.05) is 26.4 Å². The van der Waals surface area contributed by atoms with Gasteiger partial charge in [0.1, 0.15) is 12.1 Å². The van der Waals surface area contributed by atoms with Gasteiger partial charge in [-0.2, -0.15) is 0 Å². The first-order valence-corrected chi connectivity index (χ1v) is 11.7. The molecule has 1 saturated heterocycles. The van der Waals surface area contributed by atoms with E-state index < -0.39 is 23.6 Å². The van der Waals surface area contributed by atoms with E-state index in [1.807, 2.05) is 24.3 Å². The number of alkyl carbamates (subject to hydrolysis) is 1. The Kier molecular flexibility index (Phi) is 6.00. The normalized spacial score (nSPS) is 20.6. The number of rotatable bonds is 6. The van der Waals surface area contributed by atoms with Crippen LogP contribution >= 0.6 is 0 Å². The molecule has 178 valence electrons. The molecule has 1 aliphatic heterocycles. The second kappa shape index (κ2) is 9.10. The number of carboxylic acids is 1. The molecule has 8 nitrogen and oxygen atoms in total. The molecule has 1 saturated carbocycles. The number of nitrogens with zero attached hydrogens (tertiary/aromatic N) is 1. The maximum Gasteiger partial charge on any atom is 0.408 e. The lowest BCUT2D eigenvalue weighted by Crippen LogP contribution is -2.66. The van der Waals surface area contributed by atoms with Gasteiger partial charge in [0.15, 0.2) is 0 Å². The van der Waals surface area contributed by atoms with Crippen LogP contribution in [-0.2, 0) is 19.1 Å². The number of amides is 2. The summed E-state index contributed by atoms with van der Waals surface area (Å²) < 4.78 is 11.1. The molecular formula is C26H28N2O6. The fraction of sp³-hybridized carbons (Fsp3) is 0.423. The quantitative estimate of drug-likeness (QED) is 0.681. The number of carbonyl (C=O) groups excluding carboxylic acids is 2. The predicted octanol–water partition coefficient (Wildman–Crippen LogP) is 3.15. The Bertz CT molecular complexity index is 1070. The smallest absolute Gasteiger partial charge is 0.408 e. The fourth-order valence-electron chi connectivity index (χ4n) is 5.32. The minimum Gasteiger partial charge on any atom is -0.481 e. The Morgan fingerprint density at radius 3 is 2.29 bits per heavy atom. The van der Waals surface area contributed by atoms with Gasteiger partial charge in [-0.3, -0.25) is 9.59 Å². The van der Waals surface area contributed by atoms with Gasteiger partial charge in [-0.05, 0) is 41.5 Å². The summed E-state index contributed by atoms with van der Waals surface area (Å²) in [5.41, 5.74) is 3.49. The van der Waals surface area contributed by atoms with Crippen molar-refractivity contribution < 1.29 is 29.0 Å². The van der Waals surface area contributed by atoms with Crippen LogP contribution in [0.4, 0.5) is 4.79 Å². The lowest BCUT2D eigenvalue weighted by atomic mass is 9.75. The van der Waals surface area contributed by atoms with E-state index in [2.05, 4.69) is 29.6 Å². The van der Waals surface area contributed by atoms with Gasteiger partial charge in [-0.25, -0.2) is 4.79 Å². The number of nitrogens with one attached hydrogen (secondary N) is 1. The zero-order valence-corrected chi connectivity index (χ0v) is 18.9. The highest BCUT2D eigenvalue weighted by Gasteiger charge is 2.50. The summed E-state index contributed by atoms with van der Waals surface area (Å²) in [5, 5.41) is 12.0. The van der Waals surface area contributed by atoms with Gasteiger partial charge in [0.2, 0.25) is 5.91 Å².